The van der Waals surface area contributed by atoms with Crippen LogP contribution in [-0.4, -0.2) is 41.4 Å². The van der Waals surface area contributed by atoms with Crippen molar-refractivity contribution in [1.82, 2.24) is 20.5 Å². The quantitative estimate of drug-likeness (QED) is 0.802. The van der Waals surface area contributed by atoms with Crippen LogP contribution in [0.15, 0.2) is 30.5 Å². The number of aromatic nitrogens is 3. The number of aromatic amines is 1. The molecule has 1 saturated heterocycles. The predicted molar refractivity (Wildman–Crippen MR) is 66.9 cm³/mol. The summed E-state index contributed by atoms with van der Waals surface area (Å²) >= 11 is 0. The molecule has 17 heavy (non-hydrogen) atoms. The zero-order valence-corrected chi connectivity index (χ0v) is 9.56. The van der Waals surface area contributed by atoms with Crippen LogP contribution in [0.25, 0.3) is 11.4 Å². The van der Waals surface area contributed by atoms with Gasteiger partial charge in [-0.2, -0.15) is 0 Å². The Balaban J connectivity index is 1.80. The van der Waals surface area contributed by atoms with Crippen LogP contribution < -0.4 is 10.2 Å². The number of anilines is 1. The van der Waals surface area contributed by atoms with E-state index < -0.39 is 0 Å². The third-order valence-corrected chi connectivity index (χ3v) is 2.97. The molecule has 0 radical (unpaired) electrons. The smallest absolute Gasteiger partial charge is 0.151 e. The van der Waals surface area contributed by atoms with Crippen LogP contribution in [0.5, 0.6) is 0 Å². The van der Waals surface area contributed by atoms with Crippen molar-refractivity contribution in [1.29, 1.82) is 0 Å². The molecule has 1 fully saturated rings. The first-order valence-electron chi connectivity index (χ1n) is 5.87. The first-order valence-corrected chi connectivity index (χ1v) is 5.87. The van der Waals surface area contributed by atoms with Crippen molar-refractivity contribution in [3.05, 3.63) is 30.5 Å². The highest BCUT2D eigenvalue weighted by Crippen LogP contribution is 2.16. The number of hydrogen-bond donors (Lipinski definition) is 2. The molecule has 5 nitrogen and oxygen atoms in total. The minimum atomic E-state index is 0.883. The summed E-state index contributed by atoms with van der Waals surface area (Å²) in [5.74, 6) is 0.960. The molecule has 0 amide bonds. The molecule has 2 aromatic heterocycles. The third kappa shape index (κ3) is 2.14. The highest BCUT2D eigenvalue weighted by molar-refractivity contribution is 5.55. The summed E-state index contributed by atoms with van der Waals surface area (Å²) in [6.07, 6.45) is 1.89. The summed E-state index contributed by atoms with van der Waals surface area (Å²) < 4.78 is 0. The molecule has 3 rings (SSSR count). The van der Waals surface area contributed by atoms with E-state index in [-0.39, 0.29) is 0 Å². The highest BCUT2D eigenvalue weighted by Gasteiger charge is 2.12. The summed E-state index contributed by atoms with van der Waals surface area (Å²) in [5, 5.41) is 11.9. The summed E-state index contributed by atoms with van der Waals surface area (Å²) in [5.41, 5.74) is 1.89. The van der Waals surface area contributed by atoms with Crippen LogP contribution in [0, 0.1) is 0 Å². The van der Waals surface area contributed by atoms with Crippen LogP contribution in [0.4, 0.5) is 5.82 Å². The highest BCUT2D eigenvalue weighted by atomic mass is 15.3. The molecule has 0 bridgehead atoms. The molecule has 0 aliphatic carbocycles. The van der Waals surface area contributed by atoms with Crippen LogP contribution in [-0.2, 0) is 0 Å². The Bertz CT molecular complexity index is 456. The second-order valence-electron chi connectivity index (χ2n) is 4.10. The van der Waals surface area contributed by atoms with Crippen molar-refractivity contribution in [3.8, 4) is 11.4 Å². The van der Waals surface area contributed by atoms with E-state index in [0.717, 1.165) is 43.4 Å². The SMILES string of the molecule is c1c[nH]c(-c2ccc(N3CCNCC3)nn2)c1. The molecular weight excluding hydrogens is 214 g/mol. The van der Waals surface area contributed by atoms with Crippen molar-refractivity contribution in [3.63, 3.8) is 0 Å². The van der Waals surface area contributed by atoms with Gasteiger partial charge in [-0.15, -0.1) is 10.2 Å². The first kappa shape index (κ1) is 10.3. The van der Waals surface area contributed by atoms with Crippen molar-refractivity contribution >= 4 is 5.82 Å². The summed E-state index contributed by atoms with van der Waals surface area (Å²) in [6, 6.07) is 8.00. The average Bonchev–Trinajstić information content (AvgIpc) is 2.94. The first-order chi connectivity index (χ1) is 8.43. The number of nitrogens with zero attached hydrogens (tertiary/aromatic N) is 3. The fourth-order valence-electron chi connectivity index (χ4n) is 2.02. The monoisotopic (exact) mass is 229 g/mol. The van der Waals surface area contributed by atoms with Gasteiger partial charge in [0.2, 0.25) is 0 Å². The van der Waals surface area contributed by atoms with Crippen LogP contribution in [0.1, 0.15) is 0 Å². The van der Waals surface area contributed by atoms with Gasteiger partial charge in [0, 0.05) is 32.4 Å². The van der Waals surface area contributed by atoms with E-state index in [0.29, 0.717) is 0 Å². The van der Waals surface area contributed by atoms with Crippen molar-refractivity contribution in [2.45, 2.75) is 0 Å². The molecule has 1 aliphatic rings. The number of piperazine rings is 1. The maximum Gasteiger partial charge on any atom is 0.151 e. The number of rotatable bonds is 2. The standard InChI is InChI=1S/C12H15N5/c1-2-10(14-5-1)11-3-4-12(16-15-11)17-8-6-13-7-9-17/h1-5,13-14H,6-9H2. The van der Waals surface area contributed by atoms with Gasteiger partial charge in [-0.3, -0.25) is 0 Å². The average molecular weight is 229 g/mol. The van der Waals surface area contributed by atoms with Gasteiger partial charge >= 0.3 is 0 Å². The van der Waals surface area contributed by atoms with Crippen molar-refractivity contribution in [2.24, 2.45) is 0 Å². The Labute approximate surface area is 99.9 Å². The Morgan fingerprint density at radius 2 is 1.94 bits per heavy atom. The van der Waals surface area contributed by atoms with Crippen LogP contribution >= 0.6 is 0 Å². The number of hydrogen-bond acceptors (Lipinski definition) is 4. The lowest BCUT2D eigenvalue weighted by Gasteiger charge is -2.27. The second kappa shape index (κ2) is 4.55. The van der Waals surface area contributed by atoms with Gasteiger partial charge in [0.1, 0.15) is 5.69 Å². The Morgan fingerprint density at radius 3 is 2.59 bits per heavy atom. The van der Waals surface area contributed by atoms with E-state index >= 15 is 0 Å². The van der Waals surface area contributed by atoms with Gasteiger partial charge in [0.15, 0.2) is 5.82 Å². The van der Waals surface area contributed by atoms with E-state index in [9.17, 15) is 0 Å². The van der Waals surface area contributed by atoms with E-state index in [4.69, 9.17) is 0 Å². The van der Waals surface area contributed by atoms with Gasteiger partial charge in [0.25, 0.3) is 0 Å². The molecule has 88 valence electrons. The minimum Gasteiger partial charge on any atom is -0.360 e. The Hall–Kier alpha value is -1.88. The normalized spacial score (nSPS) is 16.1. The molecular formula is C12H15N5. The molecule has 0 atom stereocenters. The van der Waals surface area contributed by atoms with Crippen molar-refractivity contribution < 1.29 is 0 Å². The van der Waals surface area contributed by atoms with Gasteiger partial charge < -0.3 is 15.2 Å². The molecule has 5 heteroatoms. The van der Waals surface area contributed by atoms with Crippen LogP contribution in [0.2, 0.25) is 0 Å². The third-order valence-electron chi connectivity index (χ3n) is 2.97. The fraction of sp³-hybridized carbons (Fsp3) is 0.333. The lowest BCUT2D eigenvalue weighted by molar-refractivity contribution is 0.583. The molecule has 0 saturated carbocycles. The molecule has 2 N–H and O–H groups in total. The van der Waals surface area contributed by atoms with Crippen LogP contribution in [0.3, 0.4) is 0 Å². The van der Waals surface area contributed by atoms with E-state index in [2.05, 4.69) is 25.4 Å². The predicted octanol–water partition coefficient (Wildman–Crippen LogP) is 0.881. The molecule has 0 spiro atoms. The van der Waals surface area contributed by atoms with E-state index in [1.807, 2.05) is 30.5 Å². The van der Waals surface area contributed by atoms with Gasteiger partial charge in [-0.25, -0.2) is 0 Å². The fourth-order valence-corrected chi connectivity index (χ4v) is 2.02. The van der Waals surface area contributed by atoms with Gasteiger partial charge in [-0.05, 0) is 24.3 Å². The molecule has 0 aromatic carbocycles. The zero-order valence-electron chi connectivity index (χ0n) is 9.56. The molecule has 3 heterocycles. The summed E-state index contributed by atoms with van der Waals surface area (Å²) in [4.78, 5) is 5.38. The lowest BCUT2D eigenvalue weighted by Crippen LogP contribution is -2.43. The number of nitrogens with one attached hydrogen (secondary N) is 2. The molecule has 0 unspecified atom stereocenters. The largest absolute Gasteiger partial charge is 0.360 e. The summed E-state index contributed by atoms with van der Waals surface area (Å²) in [6.45, 7) is 4.02. The maximum absolute atomic E-state index is 4.29. The zero-order chi connectivity index (χ0) is 11.5. The van der Waals surface area contributed by atoms with E-state index in [1.54, 1.807) is 0 Å². The van der Waals surface area contributed by atoms with Gasteiger partial charge in [-0.1, -0.05) is 0 Å². The van der Waals surface area contributed by atoms with Crippen molar-refractivity contribution in [2.75, 3.05) is 31.1 Å². The number of H-pyrrole nitrogens is 1. The second-order valence-corrected chi connectivity index (χ2v) is 4.10. The Kier molecular flexibility index (Phi) is 2.75. The minimum absolute atomic E-state index is 0.883. The molecule has 1 aliphatic heterocycles. The topological polar surface area (TPSA) is 56.8 Å². The Morgan fingerprint density at radius 1 is 1.06 bits per heavy atom. The lowest BCUT2D eigenvalue weighted by atomic mass is 10.3. The summed E-state index contributed by atoms with van der Waals surface area (Å²) in [7, 11) is 0. The molecule has 2 aromatic rings. The van der Waals surface area contributed by atoms with Gasteiger partial charge in [0.05, 0.1) is 5.69 Å². The van der Waals surface area contributed by atoms with E-state index in [1.165, 1.54) is 0 Å². The maximum atomic E-state index is 4.29.